The Labute approximate surface area is 119 Å². The molecule has 5 saturated heterocycles. The largest absolute Gasteiger partial charge is 0.393 e. The van der Waals surface area contributed by atoms with Gasteiger partial charge < -0.3 is 45.3 Å². The Kier molecular flexibility index (Phi) is 1.92. The molecule has 0 aromatic carbocycles. The summed E-state index contributed by atoms with van der Waals surface area (Å²) in [6.07, 6.45) is -4.93. The van der Waals surface area contributed by atoms with Crippen molar-refractivity contribution in [3.05, 3.63) is 12.4 Å². The third kappa shape index (κ3) is 1.04. The first kappa shape index (κ1) is 12.6. The Bertz CT molecular complexity index is 556. The molecule has 5 heterocycles. The fourth-order valence-corrected chi connectivity index (χ4v) is 4.77. The van der Waals surface area contributed by atoms with E-state index in [0.717, 1.165) is 0 Å². The number of rotatable bonds is 1. The van der Waals surface area contributed by atoms with Crippen molar-refractivity contribution in [2.24, 2.45) is 5.92 Å². The van der Waals surface area contributed by atoms with Crippen LogP contribution in [0.25, 0.3) is 0 Å². The molecular weight excluding hydrogens is 284 g/mol. The van der Waals surface area contributed by atoms with E-state index in [1.807, 2.05) is 0 Å². The summed E-state index contributed by atoms with van der Waals surface area (Å²) in [6, 6.07) is 0. The van der Waals surface area contributed by atoms with E-state index in [0.29, 0.717) is 5.82 Å². The minimum atomic E-state index is -2.08. The van der Waals surface area contributed by atoms with Crippen molar-refractivity contribution in [2.45, 2.75) is 47.8 Å². The summed E-state index contributed by atoms with van der Waals surface area (Å²) in [5.41, 5.74) is -2.90. The van der Waals surface area contributed by atoms with Gasteiger partial charge in [-0.2, -0.15) is 0 Å². The number of aliphatic hydroxyl groups is 4. The fraction of sp³-hybridized carbons (Fsp3) is 0.833. The minimum absolute atomic E-state index is 0.455. The van der Waals surface area contributed by atoms with Crippen molar-refractivity contribution in [1.29, 1.82) is 0 Å². The second-order valence-electron chi connectivity index (χ2n) is 6.45. The normalized spacial score (nSPS) is 66.2. The third-order valence-electron chi connectivity index (χ3n) is 5.54. The highest BCUT2D eigenvalue weighted by molar-refractivity contribution is 5.34. The second kappa shape index (κ2) is 3.20. The Morgan fingerprint density at radius 1 is 1.24 bits per heavy atom. The lowest BCUT2D eigenvalue weighted by atomic mass is 9.56. The molecule has 1 spiro atoms. The highest BCUT2D eigenvalue weighted by atomic mass is 16.9. The van der Waals surface area contributed by atoms with Gasteiger partial charge in [-0.25, -0.2) is 0 Å². The van der Waals surface area contributed by atoms with E-state index in [1.54, 1.807) is 0 Å². The number of aliphatic hydroxyl groups excluding tert-OH is 2. The van der Waals surface area contributed by atoms with Crippen molar-refractivity contribution < 1.29 is 34.6 Å². The van der Waals surface area contributed by atoms with Gasteiger partial charge in [0.15, 0.2) is 6.10 Å². The molecule has 7 bridgehead atoms. The zero-order chi connectivity index (χ0) is 14.8. The monoisotopic (exact) mass is 300 g/mol. The number of hydrogen-bond acceptors (Lipinski definition) is 9. The average Bonchev–Trinajstić information content (AvgIpc) is 2.59. The van der Waals surface area contributed by atoms with Crippen LogP contribution in [0.15, 0.2) is 12.4 Å². The summed E-state index contributed by atoms with van der Waals surface area (Å²) in [4.78, 5) is 0. The van der Waals surface area contributed by atoms with Gasteiger partial charge in [-0.05, 0) is 0 Å². The van der Waals surface area contributed by atoms with Crippen LogP contribution in [-0.4, -0.2) is 74.8 Å². The maximum atomic E-state index is 10.7. The van der Waals surface area contributed by atoms with Crippen molar-refractivity contribution in [2.75, 3.05) is 6.61 Å². The Morgan fingerprint density at radius 2 is 1.95 bits per heavy atom. The van der Waals surface area contributed by atoms with E-state index in [2.05, 4.69) is 17.2 Å². The van der Waals surface area contributed by atoms with E-state index in [1.165, 1.54) is 0 Å². The first-order chi connectivity index (χ1) is 9.87. The maximum Gasteiger partial charge on any atom is 0.311 e. The van der Waals surface area contributed by atoms with Crippen molar-refractivity contribution in [1.82, 2.24) is 10.6 Å². The van der Waals surface area contributed by atoms with Crippen LogP contribution in [-0.2, 0) is 14.2 Å². The quantitative estimate of drug-likeness (QED) is 0.289. The van der Waals surface area contributed by atoms with Gasteiger partial charge in [-0.1, -0.05) is 6.58 Å². The molecule has 6 aliphatic rings. The van der Waals surface area contributed by atoms with Crippen LogP contribution >= 0.6 is 0 Å². The Morgan fingerprint density at radius 3 is 2.67 bits per heavy atom. The van der Waals surface area contributed by atoms with Crippen LogP contribution < -0.4 is 10.6 Å². The standard InChI is InChI=1S/C12H16N2O7/c1-3-13-8-4-6-10(17,2-15)7-5(16)11(4,14-3)9(19-8)12(18,20-6)21-7/h4-9,13-18H,1-2H2/t4?,5-,6?,7?,8?,9+,10?,11?,12?/m1/s1. The SMILES string of the molecule is C=C1NC2O[C@@H]3C4(O)OC5C2C3(N1)[C@H](O)C(O4)C5(O)CO. The molecule has 9 atom stereocenters. The predicted molar refractivity (Wildman–Crippen MR) is 63.0 cm³/mol. The molecule has 1 aliphatic carbocycles. The summed E-state index contributed by atoms with van der Waals surface area (Å²) in [5.74, 6) is -2.14. The summed E-state index contributed by atoms with van der Waals surface area (Å²) in [6.45, 7) is 3.12. The summed E-state index contributed by atoms with van der Waals surface area (Å²) >= 11 is 0. The molecule has 6 rings (SSSR count). The van der Waals surface area contributed by atoms with Gasteiger partial charge in [0.05, 0.1) is 18.3 Å². The highest BCUT2D eigenvalue weighted by Gasteiger charge is 2.86. The van der Waals surface area contributed by atoms with Gasteiger partial charge in [-0.3, -0.25) is 0 Å². The third-order valence-corrected chi connectivity index (χ3v) is 5.54. The molecule has 9 nitrogen and oxygen atoms in total. The lowest BCUT2D eigenvalue weighted by molar-refractivity contribution is -0.530. The van der Waals surface area contributed by atoms with E-state index in [4.69, 9.17) is 14.2 Å². The molecular formula is C12H16N2O7. The topological polar surface area (TPSA) is 133 Å². The molecule has 6 N–H and O–H groups in total. The van der Waals surface area contributed by atoms with E-state index >= 15 is 0 Å². The Hall–Kier alpha value is -0.940. The number of ether oxygens (including phenoxy) is 3. The van der Waals surface area contributed by atoms with Crippen molar-refractivity contribution >= 4 is 0 Å². The molecule has 0 aromatic heterocycles. The molecule has 6 fully saturated rings. The van der Waals surface area contributed by atoms with Crippen molar-refractivity contribution in [3.63, 3.8) is 0 Å². The molecule has 7 unspecified atom stereocenters. The van der Waals surface area contributed by atoms with Crippen LogP contribution in [0.3, 0.4) is 0 Å². The summed E-state index contributed by atoms with van der Waals surface area (Å²) in [5, 5.41) is 47.7. The predicted octanol–water partition coefficient (Wildman–Crippen LogP) is -3.73. The van der Waals surface area contributed by atoms with Gasteiger partial charge >= 0.3 is 5.97 Å². The lowest BCUT2D eigenvalue weighted by Crippen LogP contribution is -2.92. The average molecular weight is 300 g/mol. The molecule has 5 aliphatic heterocycles. The van der Waals surface area contributed by atoms with Crippen LogP contribution in [0.4, 0.5) is 0 Å². The second-order valence-corrected chi connectivity index (χ2v) is 6.45. The molecule has 21 heavy (non-hydrogen) atoms. The maximum absolute atomic E-state index is 10.7. The highest BCUT2D eigenvalue weighted by Crippen LogP contribution is 2.63. The minimum Gasteiger partial charge on any atom is -0.393 e. The van der Waals surface area contributed by atoms with Crippen LogP contribution in [0.1, 0.15) is 0 Å². The van der Waals surface area contributed by atoms with Crippen LogP contribution in [0.2, 0.25) is 0 Å². The molecule has 0 amide bonds. The molecule has 1 saturated carbocycles. The van der Waals surface area contributed by atoms with Gasteiger partial charge in [0.2, 0.25) is 0 Å². The van der Waals surface area contributed by atoms with Gasteiger partial charge in [0.25, 0.3) is 0 Å². The Balaban J connectivity index is 1.76. The van der Waals surface area contributed by atoms with E-state index in [-0.39, 0.29) is 0 Å². The molecule has 0 radical (unpaired) electrons. The zero-order valence-corrected chi connectivity index (χ0v) is 10.9. The number of hydrogen-bond donors (Lipinski definition) is 6. The molecule has 116 valence electrons. The number of nitrogens with one attached hydrogen (secondary N) is 2. The van der Waals surface area contributed by atoms with Crippen LogP contribution in [0, 0.1) is 5.92 Å². The summed E-state index contributed by atoms with van der Waals surface area (Å²) < 4.78 is 16.6. The molecule has 0 aromatic rings. The van der Waals surface area contributed by atoms with Crippen molar-refractivity contribution in [3.8, 4) is 0 Å². The van der Waals surface area contributed by atoms with Gasteiger partial charge in [0, 0.05) is 0 Å². The van der Waals surface area contributed by atoms with E-state index < -0.39 is 60.3 Å². The van der Waals surface area contributed by atoms with Gasteiger partial charge in [-0.15, -0.1) is 0 Å². The first-order valence-electron chi connectivity index (χ1n) is 6.85. The fourth-order valence-electron chi connectivity index (χ4n) is 4.77. The van der Waals surface area contributed by atoms with E-state index in [9.17, 15) is 20.4 Å². The lowest BCUT2D eigenvalue weighted by Gasteiger charge is -2.68. The smallest absolute Gasteiger partial charge is 0.311 e. The zero-order valence-electron chi connectivity index (χ0n) is 10.9. The van der Waals surface area contributed by atoms with Crippen LogP contribution in [0.5, 0.6) is 0 Å². The summed E-state index contributed by atoms with van der Waals surface area (Å²) in [7, 11) is 0. The molecule has 9 heteroatoms. The first-order valence-corrected chi connectivity index (χ1v) is 6.85. The van der Waals surface area contributed by atoms with Gasteiger partial charge in [0.1, 0.15) is 35.7 Å².